The Labute approximate surface area is 156 Å². The van der Waals surface area contributed by atoms with Crippen LogP contribution in [0.15, 0.2) is 34.6 Å². The topological polar surface area (TPSA) is 58.5 Å². The summed E-state index contributed by atoms with van der Waals surface area (Å²) in [5.74, 6) is 0.802. The summed E-state index contributed by atoms with van der Waals surface area (Å²) < 4.78 is 29.5. The zero-order valence-corrected chi connectivity index (χ0v) is 15.8. The highest BCUT2D eigenvalue weighted by Crippen LogP contribution is 2.20. The van der Waals surface area contributed by atoms with Gasteiger partial charge in [-0.3, -0.25) is 0 Å². The first-order valence-corrected chi connectivity index (χ1v) is 9.42. The first-order valence-electron chi connectivity index (χ1n) is 8.54. The summed E-state index contributed by atoms with van der Waals surface area (Å²) in [5, 5.41) is 9.59. The van der Waals surface area contributed by atoms with Gasteiger partial charge in [-0.25, -0.2) is 9.98 Å². The lowest BCUT2D eigenvalue weighted by Gasteiger charge is -2.12. The van der Waals surface area contributed by atoms with Crippen LogP contribution in [0.2, 0.25) is 0 Å². The van der Waals surface area contributed by atoms with Gasteiger partial charge in [-0.05, 0) is 26.3 Å². The van der Waals surface area contributed by atoms with Crippen LogP contribution in [-0.2, 0) is 13.0 Å². The number of thiazole rings is 1. The molecule has 0 aliphatic heterocycles. The van der Waals surface area contributed by atoms with Gasteiger partial charge in [-0.2, -0.15) is 8.78 Å². The van der Waals surface area contributed by atoms with Crippen molar-refractivity contribution in [1.82, 2.24) is 15.6 Å². The fourth-order valence-electron chi connectivity index (χ4n) is 2.32. The Morgan fingerprint density at radius 3 is 2.81 bits per heavy atom. The Bertz CT molecular complexity index is 706. The number of benzene rings is 1. The molecule has 0 fully saturated rings. The van der Waals surface area contributed by atoms with Crippen molar-refractivity contribution in [1.29, 1.82) is 0 Å². The predicted molar refractivity (Wildman–Crippen MR) is 101 cm³/mol. The lowest BCUT2D eigenvalue weighted by Crippen LogP contribution is -2.37. The van der Waals surface area contributed by atoms with Crippen LogP contribution in [0.4, 0.5) is 8.78 Å². The highest BCUT2D eigenvalue weighted by molar-refractivity contribution is 7.09. The minimum atomic E-state index is -2.85. The van der Waals surface area contributed by atoms with E-state index >= 15 is 0 Å². The number of rotatable bonds is 9. The number of para-hydroxylation sites is 1. The van der Waals surface area contributed by atoms with E-state index < -0.39 is 6.61 Å². The second-order valence-corrected chi connectivity index (χ2v) is 6.54. The summed E-state index contributed by atoms with van der Waals surface area (Å²) in [4.78, 5) is 8.90. The van der Waals surface area contributed by atoms with Gasteiger partial charge in [0.25, 0.3) is 0 Å². The van der Waals surface area contributed by atoms with Crippen LogP contribution in [0.25, 0.3) is 0 Å². The third kappa shape index (κ3) is 6.95. The van der Waals surface area contributed by atoms with E-state index in [-0.39, 0.29) is 12.3 Å². The van der Waals surface area contributed by atoms with Crippen molar-refractivity contribution >= 4 is 17.3 Å². The Balaban J connectivity index is 1.87. The maximum atomic E-state index is 12.5. The number of hydrogen-bond donors (Lipinski definition) is 2. The quantitative estimate of drug-likeness (QED) is 0.394. The van der Waals surface area contributed by atoms with E-state index in [1.807, 2.05) is 19.2 Å². The number of alkyl halides is 2. The molecule has 0 radical (unpaired) electrons. The Morgan fingerprint density at radius 2 is 2.12 bits per heavy atom. The number of aliphatic imine (C=N–C) groups is 1. The molecule has 1 aromatic carbocycles. The predicted octanol–water partition coefficient (Wildman–Crippen LogP) is 3.74. The van der Waals surface area contributed by atoms with Crippen molar-refractivity contribution < 1.29 is 13.5 Å². The highest BCUT2D eigenvalue weighted by Gasteiger charge is 2.09. The highest BCUT2D eigenvalue weighted by atomic mass is 32.1. The summed E-state index contributed by atoms with van der Waals surface area (Å²) in [6.45, 7) is 2.84. The standard InChI is InChI=1S/C18H24F2N4OS/c1-3-21-18(22-10-6-9-16-24-13(2)12-26-16)23-11-14-7-4-5-8-15(14)25-17(19)20/h4-5,7-8,12,17H,3,6,9-11H2,1-2H3,(H2,21,22,23). The zero-order chi connectivity index (χ0) is 18.8. The van der Waals surface area contributed by atoms with Crippen molar-refractivity contribution in [2.24, 2.45) is 4.99 Å². The molecule has 2 aromatic rings. The molecule has 0 saturated heterocycles. The van der Waals surface area contributed by atoms with Gasteiger partial charge in [0.15, 0.2) is 5.96 Å². The van der Waals surface area contributed by atoms with Crippen LogP contribution in [0.1, 0.15) is 29.6 Å². The molecule has 5 nitrogen and oxygen atoms in total. The van der Waals surface area contributed by atoms with Crippen LogP contribution in [0.3, 0.4) is 0 Å². The van der Waals surface area contributed by atoms with Gasteiger partial charge in [-0.1, -0.05) is 18.2 Å². The normalized spacial score (nSPS) is 11.7. The van der Waals surface area contributed by atoms with Crippen molar-refractivity contribution in [3.8, 4) is 5.75 Å². The van der Waals surface area contributed by atoms with Crippen molar-refractivity contribution in [3.63, 3.8) is 0 Å². The largest absolute Gasteiger partial charge is 0.434 e. The molecule has 0 bridgehead atoms. The van der Waals surface area contributed by atoms with Gasteiger partial charge < -0.3 is 15.4 Å². The molecule has 2 rings (SSSR count). The molecule has 0 aliphatic rings. The van der Waals surface area contributed by atoms with E-state index in [9.17, 15) is 8.78 Å². The molecule has 0 unspecified atom stereocenters. The number of hydrogen-bond acceptors (Lipinski definition) is 4. The summed E-state index contributed by atoms with van der Waals surface area (Å²) >= 11 is 1.67. The van der Waals surface area contributed by atoms with E-state index in [0.29, 0.717) is 18.1 Å². The lowest BCUT2D eigenvalue weighted by atomic mass is 10.2. The van der Waals surface area contributed by atoms with Crippen molar-refractivity contribution in [2.45, 2.75) is 39.8 Å². The van der Waals surface area contributed by atoms with Gasteiger partial charge >= 0.3 is 6.61 Å². The molecule has 0 atom stereocenters. The molecule has 0 aliphatic carbocycles. The van der Waals surface area contributed by atoms with Crippen molar-refractivity contribution in [2.75, 3.05) is 13.1 Å². The molecular weight excluding hydrogens is 358 g/mol. The van der Waals surface area contributed by atoms with Crippen LogP contribution >= 0.6 is 11.3 Å². The molecule has 1 aromatic heterocycles. The van der Waals surface area contributed by atoms with Gasteiger partial charge in [-0.15, -0.1) is 11.3 Å². The molecule has 0 spiro atoms. The first kappa shape index (κ1) is 20.1. The summed E-state index contributed by atoms with van der Waals surface area (Å²) in [6, 6.07) is 6.69. The van der Waals surface area contributed by atoms with E-state index in [4.69, 9.17) is 0 Å². The third-order valence-electron chi connectivity index (χ3n) is 3.47. The molecule has 8 heteroatoms. The maximum absolute atomic E-state index is 12.5. The number of aryl methyl sites for hydroxylation is 2. The third-order valence-corrected chi connectivity index (χ3v) is 4.49. The van der Waals surface area contributed by atoms with E-state index in [0.717, 1.165) is 30.1 Å². The molecule has 26 heavy (non-hydrogen) atoms. The maximum Gasteiger partial charge on any atom is 0.387 e. The fourth-order valence-corrected chi connectivity index (χ4v) is 3.13. The molecule has 142 valence electrons. The van der Waals surface area contributed by atoms with Gasteiger partial charge in [0, 0.05) is 36.1 Å². The van der Waals surface area contributed by atoms with E-state index in [1.165, 1.54) is 6.07 Å². The Hall–Kier alpha value is -2.22. The van der Waals surface area contributed by atoms with E-state index in [1.54, 1.807) is 29.5 Å². The second-order valence-electron chi connectivity index (χ2n) is 5.59. The number of nitrogens with one attached hydrogen (secondary N) is 2. The second kappa shape index (κ2) is 10.7. The SMILES string of the molecule is CCNC(=NCc1ccccc1OC(F)F)NCCCc1nc(C)cs1. The Morgan fingerprint density at radius 1 is 1.31 bits per heavy atom. The van der Waals surface area contributed by atoms with Crippen LogP contribution in [-0.4, -0.2) is 30.6 Å². The zero-order valence-electron chi connectivity index (χ0n) is 15.0. The molecule has 0 amide bonds. The van der Waals surface area contributed by atoms with E-state index in [2.05, 4.69) is 25.3 Å². The molecular formula is C18H24F2N4OS. The minimum Gasteiger partial charge on any atom is -0.434 e. The average molecular weight is 382 g/mol. The number of nitrogens with zero attached hydrogens (tertiary/aromatic N) is 2. The number of halogens is 2. The van der Waals surface area contributed by atoms with Gasteiger partial charge in [0.1, 0.15) is 5.75 Å². The summed E-state index contributed by atoms with van der Waals surface area (Å²) in [6.07, 6.45) is 1.85. The van der Waals surface area contributed by atoms with Crippen LogP contribution in [0, 0.1) is 6.92 Å². The number of guanidine groups is 1. The summed E-state index contributed by atoms with van der Waals surface area (Å²) in [5.41, 5.74) is 1.67. The number of ether oxygens (including phenoxy) is 1. The molecule has 1 heterocycles. The summed E-state index contributed by atoms with van der Waals surface area (Å²) in [7, 11) is 0. The Kier molecular flexibility index (Phi) is 8.27. The minimum absolute atomic E-state index is 0.154. The first-order chi connectivity index (χ1) is 12.6. The lowest BCUT2D eigenvalue weighted by molar-refractivity contribution is -0.0504. The smallest absolute Gasteiger partial charge is 0.387 e. The molecule has 2 N–H and O–H groups in total. The monoisotopic (exact) mass is 382 g/mol. The van der Waals surface area contributed by atoms with Gasteiger partial charge in [0.05, 0.1) is 11.6 Å². The van der Waals surface area contributed by atoms with Crippen LogP contribution in [0.5, 0.6) is 5.75 Å². The fraction of sp³-hybridized carbons (Fsp3) is 0.444. The van der Waals surface area contributed by atoms with Gasteiger partial charge in [0.2, 0.25) is 0 Å². The average Bonchev–Trinajstić information content (AvgIpc) is 3.02. The number of aromatic nitrogens is 1. The van der Waals surface area contributed by atoms with Crippen molar-refractivity contribution in [3.05, 3.63) is 45.9 Å². The molecule has 0 saturated carbocycles. The van der Waals surface area contributed by atoms with Crippen LogP contribution < -0.4 is 15.4 Å².